The van der Waals surface area contributed by atoms with E-state index in [1.807, 2.05) is 50.2 Å². The van der Waals surface area contributed by atoms with Crippen LogP contribution in [-0.2, 0) is 4.74 Å². The van der Waals surface area contributed by atoms with Gasteiger partial charge in [0.2, 0.25) is 0 Å². The lowest BCUT2D eigenvalue weighted by atomic mass is 10.2. The van der Waals surface area contributed by atoms with Crippen LogP contribution in [0.25, 0.3) is 10.1 Å². The minimum absolute atomic E-state index is 0.238. The van der Waals surface area contributed by atoms with Crippen molar-refractivity contribution < 1.29 is 9.53 Å². The monoisotopic (exact) mass is 249 g/mol. The molecule has 4 heteroatoms. The van der Waals surface area contributed by atoms with Gasteiger partial charge in [0.25, 0.3) is 0 Å². The Morgan fingerprint density at radius 2 is 2.18 bits per heavy atom. The molecule has 3 nitrogen and oxygen atoms in total. The van der Waals surface area contributed by atoms with Crippen LogP contribution in [0.2, 0.25) is 0 Å². The van der Waals surface area contributed by atoms with Crippen LogP contribution in [0.3, 0.4) is 0 Å². The Morgan fingerprint density at radius 1 is 1.41 bits per heavy atom. The molecule has 0 saturated carbocycles. The maximum absolute atomic E-state index is 11.7. The van der Waals surface area contributed by atoms with Crippen molar-refractivity contribution in [3.8, 4) is 0 Å². The van der Waals surface area contributed by atoms with Crippen LogP contribution in [0, 0.1) is 0 Å². The summed E-state index contributed by atoms with van der Waals surface area (Å²) in [5.74, 6) is -0.238. The summed E-state index contributed by atoms with van der Waals surface area (Å²) in [5, 5.41) is 1.10. The second-order valence-corrected chi connectivity index (χ2v) is 5.00. The molecule has 0 radical (unpaired) electrons. The molecule has 90 valence electrons. The Bertz CT molecular complexity index is 545. The van der Waals surface area contributed by atoms with Crippen molar-refractivity contribution in [2.24, 2.45) is 0 Å². The highest BCUT2D eigenvalue weighted by atomic mass is 32.1. The van der Waals surface area contributed by atoms with Crippen LogP contribution < -0.4 is 4.90 Å². The topological polar surface area (TPSA) is 29.5 Å². The van der Waals surface area contributed by atoms with Gasteiger partial charge in [0.15, 0.2) is 0 Å². The van der Waals surface area contributed by atoms with Crippen molar-refractivity contribution in [2.75, 3.05) is 25.6 Å². The van der Waals surface area contributed by atoms with Crippen molar-refractivity contribution in [1.82, 2.24) is 0 Å². The molecule has 2 aromatic rings. The Morgan fingerprint density at radius 3 is 2.82 bits per heavy atom. The molecule has 1 aromatic carbocycles. The first-order chi connectivity index (χ1) is 8.13. The van der Waals surface area contributed by atoms with E-state index in [0.29, 0.717) is 11.5 Å². The van der Waals surface area contributed by atoms with E-state index in [0.717, 1.165) is 15.8 Å². The minimum atomic E-state index is -0.238. The highest BCUT2D eigenvalue weighted by molar-refractivity contribution is 7.20. The summed E-state index contributed by atoms with van der Waals surface area (Å²) < 4.78 is 6.13. The van der Waals surface area contributed by atoms with E-state index in [-0.39, 0.29) is 5.97 Å². The number of fused-ring (bicyclic) bond motifs is 1. The van der Waals surface area contributed by atoms with Crippen molar-refractivity contribution in [3.63, 3.8) is 0 Å². The summed E-state index contributed by atoms with van der Waals surface area (Å²) in [4.78, 5) is 14.4. The second-order valence-electron chi connectivity index (χ2n) is 3.91. The van der Waals surface area contributed by atoms with Gasteiger partial charge in [-0.25, -0.2) is 4.79 Å². The number of nitrogens with zero attached hydrogens (tertiary/aromatic N) is 1. The van der Waals surface area contributed by atoms with Crippen LogP contribution in [0.1, 0.15) is 16.6 Å². The third-order valence-electron chi connectivity index (χ3n) is 2.50. The summed E-state index contributed by atoms with van der Waals surface area (Å²) in [6.07, 6.45) is 0. The molecule has 17 heavy (non-hydrogen) atoms. The van der Waals surface area contributed by atoms with Gasteiger partial charge in [0, 0.05) is 29.9 Å². The smallest absolute Gasteiger partial charge is 0.348 e. The third-order valence-corrected chi connectivity index (χ3v) is 3.58. The van der Waals surface area contributed by atoms with Crippen molar-refractivity contribution >= 4 is 33.1 Å². The molecule has 0 spiro atoms. The van der Waals surface area contributed by atoms with Crippen LogP contribution in [0.4, 0.5) is 5.69 Å². The van der Waals surface area contributed by atoms with Crippen LogP contribution in [-0.4, -0.2) is 26.7 Å². The first-order valence-corrected chi connectivity index (χ1v) is 6.32. The lowest BCUT2D eigenvalue weighted by Gasteiger charge is -2.13. The number of thiophene rings is 1. The van der Waals surface area contributed by atoms with Gasteiger partial charge in [-0.15, -0.1) is 11.3 Å². The number of esters is 1. The number of carbonyl (C=O) groups is 1. The number of anilines is 1. The average Bonchev–Trinajstić information content (AvgIpc) is 2.72. The minimum Gasteiger partial charge on any atom is -0.462 e. The first kappa shape index (κ1) is 11.9. The van der Waals surface area contributed by atoms with Crippen LogP contribution >= 0.6 is 11.3 Å². The summed E-state index contributed by atoms with van der Waals surface area (Å²) in [5.41, 5.74) is 1.12. The molecule has 1 heterocycles. The van der Waals surface area contributed by atoms with Crippen molar-refractivity contribution in [3.05, 3.63) is 29.1 Å². The van der Waals surface area contributed by atoms with Crippen LogP contribution in [0.5, 0.6) is 0 Å². The fourth-order valence-corrected chi connectivity index (χ4v) is 2.71. The molecule has 1 aromatic heterocycles. The van der Waals surface area contributed by atoms with Gasteiger partial charge in [-0.2, -0.15) is 0 Å². The normalized spacial score (nSPS) is 10.5. The zero-order chi connectivity index (χ0) is 12.4. The van der Waals surface area contributed by atoms with E-state index in [4.69, 9.17) is 4.74 Å². The van der Waals surface area contributed by atoms with E-state index < -0.39 is 0 Å². The van der Waals surface area contributed by atoms with Gasteiger partial charge in [-0.05, 0) is 25.1 Å². The standard InChI is InChI=1S/C13H15NO2S/c1-4-16-13(15)12-8-9-10(14(2)3)6-5-7-11(9)17-12/h5-8H,4H2,1-3H3. The summed E-state index contributed by atoms with van der Waals surface area (Å²) >= 11 is 1.48. The molecular weight excluding hydrogens is 234 g/mol. The fourth-order valence-electron chi connectivity index (χ4n) is 1.74. The van der Waals surface area contributed by atoms with Crippen LogP contribution in [0.15, 0.2) is 24.3 Å². The van der Waals surface area contributed by atoms with E-state index >= 15 is 0 Å². The van der Waals surface area contributed by atoms with E-state index in [1.165, 1.54) is 11.3 Å². The quantitative estimate of drug-likeness (QED) is 0.783. The zero-order valence-electron chi connectivity index (χ0n) is 10.2. The number of rotatable bonds is 3. The summed E-state index contributed by atoms with van der Waals surface area (Å²) in [6, 6.07) is 7.98. The molecule has 0 aliphatic rings. The van der Waals surface area contributed by atoms with Crippen molar-refractivity contribution in [1.29, 1.82) is 0 Å². The molecule has 2 rings (SSSR count). The van der Waals surface area contributed by atoms with Gasteiger partial charge in [0.05, 0.1) is 6.61 Å². The van der Waals surface area contributed by atoms with Crippen molar-refractivity contribution in [2.45, 2.75) is 6.92 Å². The maximum Gasteiger partial charge on any atom is 0.348 e. The number of hydrogen-bond acceptors (Lipinski definition) is 4. The number of ether oxygens (including phenoxy) is 1. The predicted octanol–water partition coefficient (Wildman–Crippen LogP) is 3.14. The molecular formula is C13H15NO2S. The number of benzene rings is 1. The molecule has 0 amide bonds. The van der Waals surface area contributed by atoms with Gasteiger partial charge in [-0.3, -0.25) is 0 Å². The molecule has 0 unspecified atom stereocenters. The molecule has 0 aliphatic carbocycles. The van der Waals surface area contributed by atoms with Gasteiger partial charge in [-0.1, -0.05) is 6.07 Å². The SMILES string of the molecule is CCOC(=O)c1cc2c(N(C)C)cccc2s1. The lowest BCUT2D eigenvalue weighted by molar-refractivity contribution is 0.0532. The first-order valence-electron chi connectivity index (χ1n) is 5.50. The molecule has 0 fully saturated rings. The summed E-state index contributed by atoms with van der Waals surface area (Å²) in [7, 11) is 3.99. The second kappa shape index (κ2) is 4.75. The Hall–Kier alpha value is -1.55. The number of hydrogen-bond donors (Lipinski definition) is 0. The largest absolute Gasteiger partial charge is 0.462 e. The van der Waals surface area contributed by atoms with E-state index in [2.05, 4.69) is 0 Å². The van der Waals surface area contributed by atoms with E-state index in [1.54, 1.807) is 0 Å². The maximum atomic E-state index is 11.7. The summed E-state index contributed by atoms with van der Waals surface area (Å²) in [6.45, 7) is 2.23. The Kier molecular flexibility index (Phi) is 3.33. The van der Waals surface area contributed by atoms with Gasteiger partial charge >= 0.3 is 5.97 Å². The number of carbonyl (C=O) groups excluding carboxylic acids is 1. The molecule has 0 saturated heterocycles. The molecule has 0 N–H and O–H groups in total. The fraction of sp³-hybridized carbons (Fsp3) is 0.308. The molecule has 0 aliphatic heterocycles. The highest BCUT2D eigenvalue weighted by Gasteiger charge is 2.13. The molecule has 0 bridgehead atoms. The lowest BCUT2D eigenvalue weighted by Crippen LogP contribution is -2.08. The van der Waals surface area contributed by atoms with E-state index in [9.17, 15) is 4.79 Å². The van der Waals surface area contributed by atoms with Gasteiger partial charge in [0.1, 0.15) is 4.88 Å². The third kappa shape index (κ3) is 2.26. The van der Waals surface area contributed by atoms with Gasteiger partial charge < -0.3 is 9.64 Å². The molecule has 0 atom stereocenters. The Labute approximate surface area is 105 Å². The zero-order valence-corrected chi connectivity index (χ0v) is 11.0. The highest BCUT2D eigenvalue weighted by Crippen LogP contribution is 2.32. The Balaban J connectivity index is 2.50. The average molecular weight is 249 g/mol. The predicted molar refractivity (Wildman–Crippen MR) is 72.1 cm³/mol.